The fraction of sp³-hybridized carbons (Fsp3) is 0.389. The van der Waals surface area contributed by atoms with Gasteiger partial charge in [-0.25, -0.2) is 18.7 Å². The Morgan fingerprint density at radius 2 is 1.76 bits per heavy atom. The van der Waals surface area contributed by atoms with E-state index in [1.807, 2.05) is 63.5 Å². The van der Waals surface area contributed by atoms with Crippen LogP contribution in [0.3, 0.4) is 0 Å². The first kappa shape index (κ1) is 33.1. The van der Waals surface area contributed by atoms with Crippen molar-refractivity contribution in [3.05, 3.63) is 102 Å². The molecule has 1 atom stereocenters. The zero-order valence-electron chi connectivity index (χ0n) is 26.8. The third kappa shape index (κ3) is 8.30. The van der Waals surface area contributed by atoms with Crippen molar-refractivity contribution in [1.29, 1.82) is 0 Å². The lowest BCUT2D eigenvalue weighted by Crippen LogP contribution is -2.42. The van der Waals surface area contributed by atoms with E-state index >= 15 is 0 Å². The molecule has 1 saturated carbocycles. The molecule has 5 rings (SSSR count). The van der Waals surface area contributed by atoms with Crippen LogP contribution >= 0.6 is 0 Å². The average Bonchev–Trinajstić information content (AvgIpc) is 3.04. The van der Waals surface area contributed by atoms with Gasteiger partial charge in [0.05, 0.1) is 31.4 Å². The number of esters is 1. The van der Waals surface area contributed by atoms with E-state index in [4.69, 9.17) is 4.74 Å². The Morgan fingerprint density at radius 3 is 2.43 bits per heavy atom. The van der Waals surface area contributed by atoms with Gasteiger partial charge in [0, 0.05) is 29.1 Å². The standard InChI is InChI=1S/C36H42F2N5O3/c1-24-18-30(41-33(19-24)42-32-20-27(34(37)38)16-17-39-32)28-12-15-31(40-21-28)36(2,45)29-13-10-26(11-14-29)35(44)46-23-43(3,4)22-25-8-6-5-7-9-25/h5-9,12,15-21,26,29,34,45H,10-11,13-14,22-23H2,1-4H3,(H,39,41,42)/q+1/t26-,29-,36-/m1/s1. The predicted molar refractivity (Wildman–Crippen MR) is 173 cm³/mol. The van der Waals surface area contributed by atoms with E-state index in [2.05, 4.69) is 32.4 Å². The number of aliphatic hydroxyl groups is 1. The van der Waals surface area contributed by atoms with Gasteiger partial charge >= 0.3 is 5.97 Å². The van der Waals surface area contributed by atoms with Crippen LogP contribution in [-0.2, 0) is 21.7 Å². The van der Waals surface area contributed by atoms with Crippen LogP contribution in [0.25, 0.3) is 11.3 Å². The first-order chi connectivity index (χ1) is 21.9. The molecule has 2 N–H and O–H groups in total. The maximum absolute atomic E-state index is 13.1. The highest BCUT2D eigenvalue weighted by Gasteiger charge is 2.39. The minimum absolute atomic E-state index is 0.0513. The number of aromatic nitrogens is 3. The van der Waals surface area contributed by atoms with Crippen molar-refractivity contribution < 1.29 is 27.9 Å². The second-order valence-electron chi connectivity index (χ2n) is 13.1. The van der Waals surface area contributed by atoms with Gasteiger partial charge in [0.25, 0.3) is 6.43 Å². The molecule has 1 aliphatic rings. The second kappa shape index (κ2) is 14.0. The number of anilines is 2. The summed E-state index contributed by atoms with van der Waals surface area (Å²) >= 11 is 0. The number of carbonyl (C=O) groups is 1. The third-order valence-electron chi connectivity index (χ3n) is 8.70. The van der Waals surface area contributed by atoms with Gasteiger partial charge in [0.2, 0.25) is 6.73 Å². The predicted octanol–water partition coefficient (Wildman–Crippen LogP) is 7.32. The Kier molecular flexibility index (Phi) is 10.1. The molecule has 242 valence electrons. The zero-order valence-corrected chi connectivity index (χ0v) is 26.8. The molecule has 46 heavy (non-hydrogen) atoms. The van der Waals surface area contributed by atoms with Crippen molar-refractivity contribution in [3.8, 4) is 11.3 Å². The molecular weight excluding hydrogens is 588 g/mol. The van der Waals surface area contributed by atoms with Crippen molar-refractivity contribution in [1.82, 2.24) is 15.0 Å². The Morgan fingerprint density at radius 1 is 1.02 bits per heavy atom. The van der Waals surface area contributed by atoms with Crippen molar-refractivity contribution in [3.63, 3.8) is 0 Å². The summed E-state index contributed by atoms with van der Waals surface area (Å²) in [6.07, 6.45) is 3.11. The van der Waals surface area contributed by atoms with Crippen molar-refractivity contribution in [2.24, 2.45) is 11.8 Å². The summed E-state index contributed by atoms with van der Waals surface area (Å²) in [5.74, 6) is 0.350. The molecule has 3 aromatic heterocycles. The first-order valence-corrected chi connectivity index (χ1v) is 15.6. The molecule has 0 bridgehead atoms. The minimum atomic E-state index is -2.59. The van der Waals surface area contributed by atoms with Gasteiger partial charge < -0.3 is 15.2 Å². The summed E-state index contributed by atoms with van der Waals surface area (Å²) in [5.41, 5.74) is 2.78. The maximum Gasteiger partial charge on any atom is 0.313 e. The first-order valence-electron chi connectivity index (χ1n) is 15.6. The molecule has 3 heterocycles. The fourth-order valence-electron chi connectivity index (χ4n) is 6.09. The lowest BCUT2D eigenvalue weighted by atomic mass is 9.73. The lowest BCUT2D eigenvalue weighted by molar-refractivity contribution is -0.920. The van der Waals surface area contributed by atoms with Gasteiger partial charge in [-0.2, -0.15) is 0 Å². The van der Waals surface area contributed by atoms with E-state index in [1.54, 1.807) is 13.1 Å². The van der Waals surface area contributed by atoms with E-state index in [1.165, 1.54) is 23.9 Å². The summed E-state index contributed by atoms with van der Waals surface area (Å²) in [6.45, 7) is 4.78. The molecule has 0 radical (unpaired) electrons. The summed E-state index contributed by atoms with van der Waals surface area (Å²) in [7, 11) is 4.10. The number of carbonyl (C=O) groups excluding carboxylic acids is 1. The molecule has 0 saturated heterocycles. The van der Waals surface area contributed by atoms with Crippen LogP contribution < -0.4 is 5.32 Å². The maximum atomic E-state index is 13.1. The molecule has 1 aliphatic carbocycles. The van der Waals surface area contributed by atoms with E-state index in [9.17, 15) is 18.7 Å². The number of quaternary nitrogens is 1. The van der Waals surface area contributed by atoms with E-state index < -0.39 is 12.0 Å². The summed E-state index contributed by atoms with van der Waals surface area (Å²) < 4.78 is 32.6. The molecule has 0 amide bonds. The number of nitrogens with zero attached hydrogens (tertiary/aromatic N) is 4. The molecule has 1 aromatic carbocycles. The number of hydrogen-bond donors (Lipinski definition) is 2. The van der Waals surface area contributed by atoms with Gasteiger partial charge in [-0.1, -0.05) is 30.3 Å². The zero-order chi connectivity index (χ0) is 32.9. The normalized spacial score (nSPS) is 18.2. The highest BCUT2D eigenvalue weighted by atomic mass is 19.3. The number of halogens is 2. The fourth-order valence-corrected chi connectivity index (χ4v) is 6.09. The minimum Gasteiger partial charge on any atom is -0.415 e. The Balaban J connectivity index is 1.17. The number of nitrogens with one attached hydrogen (secondary N) is 1. The molecule has 0 unspecified atom stereocenters. The summed E-state index contributed by atoms with van der Waals surface area (Å²) in [5, 5.41) is 14.6. The molecule has 8 nitrogen and oxygen atoms in total. The van der Waals surface area contributed by atoms with Crippen LogP contribution in [0.5, 0.6) is 0 Å². The Hall–Kier alpha value is -4.28. The average molecular weight is 631 g/mol. The highest BCUT2D eigenvalue weighted by Crippen LogP contribution is 2.41. The van der Waals surface area contributed by atoms with Crippen LogP contribution in [0.4, 0.5) is 20.4 Å². The monoisotopic (exact) mass is 630 g/mol. The lowest BCUT2D eigenvalue weighted by Gasteiger charge is -2.37. The highest BCUT2D eigenvalue weighted by molar-refractivity contribution is 5.72. The number of ether oxygens (including phenoxy) is 1. The quantitative estimate of drug-likeness (QED) is 0.102. The van der Waals surface area contributed by atoms with Crippen LogP contribution in [0.2, 0.25) is 0 Å². The Labute approximate surface area is 269 Å². The largest absolute Gasteiger partial charge is 0.415 e. The van der Waals surface area contributed by atoms with E-state index in [0.29, 0.717) is 54.1 Å². The summed E-state index contributed by atoms with van der Waals surface area (Å²) in [6, 6.07) is 20.1. The smallest absolute Gasteiger partial charge is 0.313 e. The number of rotatable bonds is 11. The van der Waals surface area contributed by atoms with Crippen LogP contribution in [0.15, 0.2) is 79.1 Å². The van der Waals surface area contributed by atoms with Gasteiger partial charge in [-0.15, -0.1) is 0 Å². The SMILES string of the molecule is Cc1cc(Nc2cc(C(F)F)ccn2)nc(-c2ccc([C@](C)(O)[C@H]3CC[C@H](C(=O)OC[N+](C)(C)Cc4ccccc4)CC3)nc2)c1. The molecule has 1 fully saturated rings. The number of alkyl halides is 2. The van der Waals surface area contributed by atoms with Crippen LogP contribution in [0.1, 0.15) is 61.4 Å². The van der Waals surface area contributed by atoms with Crippen LogP contribution in [-0.4, -0.2) is 51.3 Å². The van der Waals surface area contributed by atoms with Crippen molar-refractivity contribution >= 4 is 17.6 Å². The molecular formula is C36H42F2N5O3+. The molecule has 10 heteroatoms. The van der Waals surface area contributed by atoms with Crippen LogP contribution in [0, 0.1) is 18.8 Å². The van der Waals surface area contributed by atoms with Gasteiger partial charge in [0.15, 0.2) is 0 Å². The molecule has 4 aromatic rings. The van der Waals surface area contributed by atoms with Gasteiger partial charge in [-0.05, 0) is 87.4 Å². The topological polar surface area (TPSA) is 97.2 Å². The van der Waals surface area contributed by atoms with Crippen molar-refractivity contribution in [2.45, 2.75) is 58.1 Å². The summed E-state index contributed by atoms with van der Waals surface area (Å²) in [4.78, 5) is 26.3. The molecule has 0 spiro atoms. The molecule has 0 aliphatic heterocycles. The van der Waals surface area contributed by atoms with Gasteiger partial charge in [-0.3, -0.25) is 14.3 Å². The second-order valence-corrected chi connectivity index (χ2v) is 13.1. The van der Waals surface area contributed by atoms with Crippen molar-refractivity contribution in [2.75, 3.05) is 26.1 Å². The number of hydrogen-bond acceptors (Lipinski definition) is 7. The Bertz CT molecular complexity index is 1620. The third-order valence-corrected chi connectivity index (χ3v) is 8.70. The number of benzene rings is 1. The van der Waals surface area contributed by atoms with E-state index in [-0.39, 0.29) is 29.2 Å². The van der Waals surface area contributed by atoms with Gasteiger partial charge in [0.1, 0.15) is 23.8 Å². The van der Waals surface area contributed by atoms with E-state index in [0.717, 1.165) is 17.7 Å². The number of aryl methyl sites for hydroxylation is 1. The number of pyridine rings is 3.